The molecule has 0 spiro atoms. The minimum absolute atomic E-state index is 0.529. The Morgan fingerprint density at radius 1 is 1.11 bits per heavy atom. The third-order valence-electron chi connectivity index (χ3n) is 4.01. The molecular formula is C13H19ClN4. The van der Waals surface area contributed by atoms with Crippen LogP contribution >= 0.6 is 11.6 Å². The average molecular weight is 267 g/mol. The topological polar surface area (TPSA) is 32.3 Å². The van der Waals surface area contributed by atoms with Crippen LogP contribution in [-0.2, 0) is 0 Å². The highest BCUT2D eigenvalue weighted by molar-refractivity contribution is 6.29. The summed E-state index contributed by atoms with van der Waals surface area (Å²) in [4.78, 5) is 13.2. The molecule has 0 aromatic carbocycles. The van der Waals surface area contributed by atoms with Crippen molar-refractivity contribution in [1.29, 1.82) is 0 Å². The Bertz CT molecular complexity index is 406. The van der Waals surface area contributed by atoms with E-state index in [-0.39, 0.29) is 0 Å². The summed E-state index contributed by atoms with van der Waals surface area (Å²) in [6.07, 6.45) is 6.90. The monoisotopic (exact) mass is 266 g/mol. The van der Waals surface area contributed by atoms with Gasteiger partial charge in [-0.1, -0.05) is 18.0 Å². The summed E-state index contributed by atoms with van der Waals surface area (Å²) in [5.74, 6) is 0.967. The lowest BCUT2D eigenvalue weighted by Crippen LogP contribution is -2.40. The molecule has 0 N–H and O–H groups in total. The zero-order chi connectivity index (χ0) is 12.4. The van der Waals surface area contributed by atoms with Gasteiger partial charge in [-0.2, -0.15) is 0 Å². The number of piperidine rings is 1. The van der Waals surface area contributed by atoms with E-state index in [0.29, 0.717) is 11.2 Å². The van der Waals surface area contributed by atoms with E-state index in [9.17, 15) is 0 Å². The van der Waals surface area contributed by atoms with Gasteiger partial charge in [-0.25, -0.2) is 9.97 Å². The summed E-state index contributed by atoms with van der Waals surface area (Å²) in [7, 11) is 0. The Hall–Kier alpha value is -0.870. The number of nitrogens with zero attached hydrogens (tertiary/aromatic N) is 4. The molecule has 2 aliphatic rings. The Morgan fingerprint density at radius 3 is 2.72 bits per heavy atom. The van der Waals surface area contributed by atoms with E-state index in [1.165, 1.54) is 38.8 Å². The second-order valence-corrected chi connectivity index (χ2v) is 5.57. The van der Waals surface area contributed by atoms with Crippen LogP contribution in [0.4, 0.5) is 5.82 Å². The molecule has 18 heavy (non-hydrogen) atoms. The molecule has 98 valence electrons. The van der Waals surface area contributed by atoms with Crippen molar-refractivity contribution in [3.05, 3.63) is 17.5 Å². The smallest absolute Gasteiger partial charge is 0.134 e. The zero-order valence-electron chi connectivity index (χ0n) is 10.6. The van der Waals surface area contributed by atoms with Crippen LogP contribution in [0.2, 0.25) is 5.15 Å². The molecular weight excluding hydrogens is 248 g/mol. The molecule has 0 amide bonds. The predicted octanol–water partition coefficient (Wildman–Crippen LogP) is 2.19. The van der Waals surface area contributed by atoms with Gasteiger partial charge >= 0.3 is 0 Å². The molecule has 0 radical (unpaired) electrons. The van der Waals surface area contributed by atoms with Gasteiger partial charge in [0.05, 0.1) is 0 Å². The fourth-order valence-electron chi connectivity index (χ4n) is 3.03. The van der Waals surface area contributed by atoms with Gasteiger partial charge in [-0.05, 0) is 32.4 Å². The van der Waals surface area contributed by atoms with Gasteiger partial charge in [0.2, 0.25) is 0 Å². The van der Waals surface area contributed by atoms with Crippen molar-refractivity contribution in [2.24, 2.45) is 0 Å². The molecule has 1 aromatic heterocycles. The first kappa shape index (κ1) is 12.2. The lowest BCUT2D eigenvalue weighted by Gasteiger charge is -2.32. The van der Waals surface area contributed by atoms with Gasteiger partial charge in [0.15, 0.2) is 0 Å². The molecule has 0 bridgehead atoms. The Labute approximate surface area is 113 Å². The summed E-state index contributed by atoms with van der Waals surface area (Å²) in [6.45, 7) is 4.69. The normalized spacial score (nSPS) is 25.6. The maximum atomic E-state index is 5.92. The van der Waals surface area contributed by atoms with Crippen LogP contribution in [0.25, 0.3) is 0 Å². The molecule has 2 fully saturated rings. The highest BCUT2D eigenvalue weighted by Crippen LogP contribution is 2.24. The van der Waals surface area contributed by atoms with Crippen molar-refractivity contribution in [3.8, 4) is 0 Å². The second-order valence-electron chi connectivity index (χ2n) is 5.18. The molecule has 0 aliphatic carbocycles. The molecule has 1 atom stereocenters. The molecule has 2 aliphatic heterocycles. The first-order valence-electron chi connectivity index (χ1n) is 6.79. The maximum Gasteiger partial charge on any atom is 0.134 e. The van der Waals surface area contributed by atoms with Crippen molar-refractivity contribution < 1.29 is 0 Å². The maximum absolute atomic E-state index is 5.92. The number of likely N-dealkylation sites (tertiary alicyclic amines) is 1. The molecule has 0 saturated carbocycles. The minimum atomic E-state index is 0.529. The highest BCUT2D eigenvalue weighted by atomic mass is 35.5. The van der Waals surface area contributed by atoms with Crippen LogP contribution in [0, 0.1) is 0 Å². The molecule has 3 heterocycles. The summed E-state index contributed by atoms with van der Waals surface area (Å²) in [5.41, 5.74) is 0. The van der Waals surface area contributed by atoms with Gasteiger partial charge in [0, 0.05) is 25.2 Å². The summed E-state index contributed by atoms with van der Waals surface area (Å²) in [5, 5.41) is 0.529. The van der Waals surface area contributed by atoms with E-state index >= 15 is 0 Å². The Balaban J connectivity index is 1.64. The van der Waals surface area contributed by atoms with Crippen molar-refractivity contribution >= 4 is 17.4 Å². The van der Waals surface area contributed by atoms with Crippen LogP contribution in [0.3, 0.4) is 0 Å². The average Bonchev–Trinajstić information content (AvgIpc) is 2.89. The van der Waals surface area contributed by atoms with Crippen LogP contribution < -0.4 is 4.90 Å². The summed E-state index contributed by atoms with van der Waals surface area (Å²) >= 11 is 5.92. The van der Waals surface area contributed by atoms with E-state index in [1.807, 2.05) is 6.07 Å². The largest absolute Gasteiger partial charge is 0.355 e. The van der Waals surface area contributed by atoms with Crippen LogP contribution in [-0.4, -0.2) is 47.1 Å². The third-order valence-corrected chi connectivity index (χ3v) is 4.22. The number of rotatable bonds is 2. The molecule has 1 aromatic rings. The molecule has 3 rings (SSSR count). The lowest BCUT2D eigenvalue weighted by atomic mass is 10.1. The summed E-state index contributed by atoms with van der Waals surface area (Å²) < 4.78 is 0. The highest BCUT2D eigenvalue weighted by Gasteiger charge is 2.29. The first-order valence-corrected chi connectivity index (χ1v) is 7.17. The standard InChI is InChI=1S/C13H19ClN4/c14-12-8-13(16-10-15-12)18-7-4-11(9-18)17-5-2-1-3-6-17/h8,10-11H,1-7,9H2. The molecule has 2 saturated heterocycles. The van der Waals surface area contributed by atoms with Crippen molar-refractivity contribution in [2.45, 2.75) is 31.7 Å². The van der Waals surface area contributed by atoms with E-state index in [4.69, 9.17) is 11.6 Å². The van der Waals surface area contributed by atoms with Crippen molar-refractivity contribution in [1.82, 2.24) is 14.9 Å². The van der Waals surface area contributed by atoms with Gasteiger partial charge in [-0.15, -0.1) is 0 Å². The Kier molecular flexibility index (Phi) is 3.66. The number of hydrogen-bond acceptors (Lipinski definition) is 4. The number of anilines is 1. The van der Waals surface area contributed by atoms with Gasteiger partial charge < -0.3 is 4.90 Å². The number of aromatic nitrogens is 2. The zero-order valence-corrected chi connectivity index (χ0v) is 11.3. The van der Waals surface area contributed by atoms with E-state index in [0.717, 1.165) is 18.9 Å². The second kappa shape index (κ2) is 5.41. The quantitative estimate of drug-likeness (QED) is 0.769. The van der Waals surface area contributed by atoms with E-state index in [2.05, 4.69) is 19.8 Å². The fraction of sp³-hybridized carbons (Fsp3) is 0.692. The van der Waals surface area contributed by atoms with Crippen LogP contribution in [0.1, 0.15) is 25.7 Å². The predicted molar refractivity (Wildman–Crippen MR) is 73.1 cm³/mol. The van der Waals surface area contributed by atoms with Crippen molar-refractivity contribution in [3.63, 3.8) is 0 Å². The van der Waals surface area contributed by atoms with Crippen LogP contribution in [0.5, 0.6) is 0 Å². The molecule has 4 nitrogen and oxygen atoms in total. The van der Waals surface area contributed by atoms with E-state index in [1.54, 1.807) is 6.33 Å². The Morgan fingerprint density at radius 2 is 1.94 bits per heavy atom. The fourth-order valence-corrected chi connectivity index (χ4v) is 3.17. The first-order chi connectivity index (χ1) is 8.83. The molecule has 1 unspecified atom stereocenters. The number of halogens is 1. The summed E-state index contributed by atoms with van der Waals surface area (Å²) in [6, 6.07) is 2.55. The van der Waals surface area contributed by atoms with Gasteiger partial charge in [-0.3, -0.25) is 4.90 Å². The van der Waals surface area contributed by atoms with E-state index < -0.39 is 0 Å². The van der Waals surface area contributed by atoms with Gasteiger partial charge in [0.25, 0.3) is 0 Å². The minimum Gasteiger partial charge on any atom is -0.355 e. The lowest BCUT2D eigenvalue weighted by molar-refractivity contribution is 0.175. The SMILES string of the molecule is Clc1cc(N2CCC(N3CCCCC3)C2)ncn1. The van der Waals surface area contributed by atoms with Crippen LogP contribution in [0.15, 0.2) is 12.4 Å². The third kappa shape index (κ3) is 2.59. The van der Waals surface area contributed by atoms with Crippen molar-refractivity contribution in [2.75, 3.05) is 31.1 Å². The number of hydrogen-bond donors (Lipinski definition) is 0. The van der Waals surface area contributed by atoms with Gasteiger partial charge in [0.1, 0.15) is 17.3 Å². The molecule has 5 heteroatoms.